The van der Waals surface area contributed by atoms with E-state index in [2.05, 4.69) is 12.2 Å². The average Bonchev–Trinajstić information content (AvgIpc) is 2.49. The fourth-order valence-electron chi connectivity index (χ4n) is 2.65. The highest BCUT2D eigenvalue weighted by atomic mass is 35.5. The molecule has 0 aliphatic heterocycles. The summed E-state index contributed by atoms with van der Waals surface area (Å²) in [5.74, 6) is 0.185. The molecule has 1 N–H and O–H groups in total. The van der Waals surface area contributed by atoms with E-state index >= 15 is 0 Å². The van der Waals surface area contributed by atoms with Crippen molar-refractivity contribution in [2.45, 2.75) is 38.6 Å². The lowest BCUT2D eigenvalue weighted by Crippen LogP contribution is -2.41. The van der Waals surface area contributed by atoms with Crippen LogP contribution >= 0.6 is 11.6 Å². The molecule has 1 fully saturated rings. The number of nitriles is 1. The normalized spacial score (nSPS) is 22.4. The van der Waals surface area contributed by atoms with Crippen LogP contribution in [-0.2, 0) is 4.79 Å². The molecule has 1 amide bonds. The summed E-state index contributed by atoms with van der Waals surface area (Å²) in [5.41, 5.74) is 0.929. The fraction of sp³-hybridized carbons (Fsp3) is 0.412. The molecule has 0 radical (unpaired) electrons. The monoisotopic (exact) mass is 302 g/mol. The van der Waals surface area contributed by atoms with E-state index in [1.165, 1.54) is 6.42 Å². The van der Waals surface area contributed by atoms with Crippen molar-refractivity contribution in [2.24, 2.45) is 5.92 Å². The Morgan fingerprint density at radius 1 is 1.33 bits per heavy atom. The Kier molecular flexibility index (Phi) is 5.41. The van der Waals surface area contributed by atoms with Crippen LogP contribution in [0.15, 0.2) is 29.8 Å². The molecular formula is C17H19ClN2O. The summed E-state index contributed by atoms with van der Waals surface area (Å²) in [6.07, 6.45) is 6.08. The zero-order valence-corrected chi connectivity index (χ0v) is 12.9. The summed E-state index contributed by atoms with van der Waals surface area (Å²) in [6.45, 7) is 2.15. The molecule has 3 nitrogen and oxygen atoms in total. The molecule has 4 heteroatoms. The third kappa shape index (κ3) is 4.34. The van der Waals surface area contributed by atoms with Crippen molar-refractivity contribution in [3.63, 3.8) is 0 Å². The Morgan fingerprint density at radius 3 is 2.62 bits per heavy atom. The summed E-state index contributed by atoms with van der Waals surface area (Å²) in [7, 11) is 0. The fourth-order valence-corrected chi connectivity index (χ4v) is 2.78. The molecule has 21 heavy (non-hydrogen) atoms. The van der Waals surface area contributed by atoms with Gasteiger partial charge in [-0.15, -0.1) is 0 Å². The van der Waals surface area contributed by atoms with Crippen LogP contribution in [0.5, 0.6) is 0 Å². The number of hydrogen-bond acceptors (Lipinski definition) is 2. The average molecular weight is 303 g/mol. The van der Waals surface area contributed by atoms with Crippen molar-refractivity contribution in [3.05, 3.63) is 40.4 Å². The predicted octanol–water partition coefficient (Wildman–Crippen LogP) is 3.94. The minimum Gasteiger partial charge on any atom is -0.348 e. The van der Waals surface area contributed by atoms with Gasteiger partial charge in [-0.3, -0.25) is 4.79 Å². The summed E-state index contributed by atoms with van der Waals surface area (Å²) in [5, 5.41) is 12.8. The van der Waals surface area contributed by atoms with Gasteiger partial charge in [-0.25, -0.2) is 0 Å². The van der Waals surface area contributed by atoms with Crippen LogP contribution in [0.3, 0.4) is 0 Å². The van der Waals surface area contributed by atoms with Gasteiger partial charge in [-0.05, 0) is 42.5 Å². The SMILES string of the molecule is C[C@@H]1CCCC[C@H]1NC(=O)/C(C#N)=C/c1ccc(Cl)cc1. The lowest BCUT2D eigenvalue weighted by atomic mass is 9.86. The van der Waals surface area contributed by atoms with Crippen LogP contribution in [0.4, 0.5) is 0 Å². The first-order valence-electron chi connectivity index (χ1n) is 7.28. The molecule has 0 aromatic heterocycles. The van der Waals surface area contributed by atoms with Gasteiger partial charge < -0.3 is 5.32 Å². The maximum Gasteiger partial charge on any atom is 0.262 e. The first-order chi connectivity index (χ1) is 10.1. The number of benzene rings is 1. The van der Waals surface area contributed by atoms with Gasteiger partial charge in [0.1, 0.15) is 11.6 Å². The number of rotatable bonds is 3. The molecule has 1 aromatic carbocycles. The van der Waals surface area contributed by atoms with Gasteiger partial charge in [0.05, 0.1) is 0 Å². The van der Waals surface area contributed by atoms with E-state index in [1.54, 1.807) is 30.3 Å². The number of carbonyl (C=O) groups excluding carboxylic acids is 1. The van der Waals surface area contributed by atoms with Crippen molar-refractivity contribution >= 4 is 23.6 Å². The smallest absolute Gasteiger partial charge is 0.262 e. The minimum absolute atomic E-state index is 0.134. The highest BCUT2D eigenvalue weighted by Gasteiger charge is 2.23. The molecule has 0 saturated heterocycles. The second kappa shape index (κ2) is 7.28. The van der Waals surface area contributed by atoms with Crippen LogP contribution in [0.25, 0.3) is 6.08 Å². The number of nitrogens with zero attached hydrogens (tertiary/aromatic N) is 1. The van der Waals surface area contributed by atoms with E-state index in [-0.39, 0.29) is 17.5 Å². The summed E-state index contributed by atoms with van der Waals surface area (Å²) in [4.78, 5) is 12.2. The Morgan fingerprint density at radius 2 is 2.00 bits per heavy atom. The number of halogens is 1. The Labute approximate surface area is 130 Å². The van der Waals surface area contributed by atoms with Crippen molar-refractivity contribution < 1.29 is 4.79 Å². The van der Waals surface area contributed by atoms with E-state index < -0.39 is 0 Å². The van der Waals surface area contributed by atoms with E-state index in [4.69, 9.17) is 11.6 Å². The van der Waals surface area contributed by atoms with Crippen LogP contribution < -0.4 is 5.32 Å². The molecule has 110 valence electrons. The van der Waals surface area contributed by atoms with Gasteiger partial charge in [-0.2, -0.15) is 5.26 Å². The van der Waals surface area contributed by atoms with Gasteiger partial charge in [0, 0.05) is 11.1 Å². The molecular weight excluding hydrogens is 284 g/mol. The number of amides is 1. The van der Waals surface area contributed by atoms with Crippen molar-refractivity contribution in [1.29, 1.82) is 5.26 Å². The van der Waals surface area contributed by atoms with E-state index in [9.17, 15) is 10.1 Å². The molecule has 2 atom stereocenters. The maximum atomic E-state index is 12.2. The van der Waals surface area contributed by atoms with Crippen molar-refractivity contribution in [2.75, 3.05) is 0 Å². The second-order valence-electron chi connectivity index (χ2n) is 5.56. The number of hydrogen-bond donors (Lipinski definition) is 1. The standard InChI is InChI=1S/C17H19ClN2O/c1-12-4-2-3-5-16(12)20-17(21)14(11-19)10-13-6-8-15(18)9-7-13/h6-10,12,16H,2-5H2,1H3,(H,20,21)/b14-10+/t12-,16-/m1/s1. The Hall–Kier alpha value is -1.79. The molecule has 1 aliphatic carbocycles. The van der Waals surface area contributed by atoms with Gasteiger partial charge >= 0.3 is 0 Å². The van der Waals surface area contributed by atoms with Gasteiger partial charge in [0.25, 0.3) is 5.91 Å². The highest BCUT2D eigenvalue weighted by molar-refractivity contribution is 6.30. The van der Waals surface area contributed by atoms with Gasteiger partial charge in [0.2, 0.25) is 0 Å². The molecule has 0 heterocycles. The Balaban J connectivity index is 2.08. The first-order valence-corrected chi connectivity index (χ1v) is 7.66. The summed E-state index contributed by atoms with van der Waals surface area (Å²) >= 11 is 5.82. The largest absolute Gasteiger partial charge is 0.348 e. The van der Waals surface area contributed by atoms with Crippen molar-refractivity contribution in [3.8, 4) is 6.07 Å². The van der Waals surface area contributed by atoms with Crippen LogP contribution in [0, 0.1) is 17.2 Å². The quantitative estimate of drug-likeness (QED) is 0.679. The van der Waals surface area contributed by atoms with Crippen LogP contribution in [0.2, 0.25) is 5.02 Å². The minimum atomic E-state index is -0.286. The third-order valence-corrected chi connectivity index (χ3v) is 4.23. The number of carbonyl (C=O) groups is 1. The molecule has 1 saturated carbocycles. The lowest BCUT2D eigenvalue weighted by Gasteiger charge is -2.29. The third-order valence-electron chi connectivity index (χ3n) is 3.97. The molecule has 0 bridgehead atoms. The topological polar surface area (TPSA) is 52.9 Å². The van der Waals surface area contributed by atoms with E-state index in [0.29, 0.717) is 10.9 Å². The van der Waals surface area contributed by atoms with Gasteiger partial charge in [-0.1, -0.05) is 43.5 Å². The number of nitrogens with one attached hydrogen (secondary N) is 1. The maximum absolute atomic E-state index is 12.2. The zero-order chi connectivity index (χ0) is 15.2. The molecule has 1 aromatic rings. The lowest BCUT2D eigenvalue weighted by molar-refractivity contribution is -0.118. The molecule has 0 unspecified atom stereocenters. The van der Waals surface area contributed by atoms with Crippen LogP contribution in [-0.4, -0.2) is 11.9 Å². The predicted molar refractivity (Wildman–Crippen MR) is 84.6 cm³/mol. The second-order valence-corrected chi connectivity index (χ2v) is 6.00. The molecule has 1 aliphatic rings. The summed E-state index contributed by atoms with van der Waals surface area (Å²) in [6, 6.07) is 9.21. The highest BCUT2D eigenvalue weighted by Crippen LogP contribution is 2.24. The van der Waals surface area contributed by atoms with E-state index in [0.717, 1.165) is 24.8 Å². The van der Waals surface area contributed by atoms with Gasteiger partial charge in [0.15, 0.2) is 0 Å². The molecule has 2 rings (SSSR count). The molecule has 0 spiro atoms. The van der Waals surface area contributed by atoms with E-state index in [1.807, 2.05) is 6.07 Å². The summed E-state index contributed by atoms with van der Waals surface area (Å²) < 4.78 is 0. The Bertz CT molecular complexity index is 571. The first kappa shape index (κ1) is 15.6. The zero-order valence-electron chi connectivity index (χ0n) is 12.1. The van der Waals surface area contributed by atoms with Crippen LogP contribution in [0.1, 0.15) is 38.2 Å². The van der Waals surface area contributed by atoms with Crippen molar-refractivity contribution in [1.82, 2.24) is 5.32 Å².